The van der Waals surface area contributed by atoms with E-state index in [4.69, 9.17) is 0 Å². The third-order valence-electron chi connectivity index (χ3n) is 2.42. The summed E-state index contributed by atoms with van der Waals surface area (Å²) < 4.78 is 12.8. The first kappa shape index (κ1) is 13.9. The summed E-state index contributed by atoms with van der Waals surface area (Å²) in [6.07, 6.45) is 2.89. The van der Waals surface area contributed by atoms with Gasteiger partial charge in [-0.3, -0.25) is 4.79 Å². The standard InChI is InChI=1S/C14H15FN4O/c1-9(2)18-13-8-16-12(7-17-13)14(20)19-11-5-3-10(15)4-6-11/h3-9H,1-2H3,(H,17,18)(H,19,20). The Bertz CT molecular complexity index is 581. The number of hydrogen-bond acceptors (Lipinski definition) is 4. The lowest BCUT2D eigenvalue weighted by Crippen LogP contribution is -2.16. The van der Waals surface area contributed by atoms with Crippen LogP contribution >= 0.6 is 0 Å². The molecular formula is C14H15FN4O. The first-order valence-corrected chi connectivity index (χ1v) is 6.20. The predicted molar refractivity (Wildman–Crippen MR) is 75.1 cm³/mol. The second kappa shape index (κ2) is 6.10. The van der Waals surface area contributed by atoms with Gasteiger partial charge in [-0.05, 0) is 38.1 Å². The quantitative estimate of drug-likeness (QED) is 0.899. The normalized spacial score (nSPS) is 10.4. The molecule has 0 saturated heterocycles. The molecule has 1 heterocycles. The minimum atomic E-state index is -0.389. The van der Waals surface area contributed by atoms with E-state index in [0.29, 0.717) is 11.5 Å². The molecule has 1 aromatic carbocycles. The van der Waals surface area contributed by atoms with Crippen molar-refractivity contribution in [2.45, 2.75) is 19.9 Å². The molecule has 0 atom stereocenters. The van der Waals surface area contributed by atoms with Gasteiger partial charge in [0.05, 0.1) is 12.4 Å². The van der Waals surface area contributed by atoms with Crippen molar-refractivity contribution in [2.75, 3.05) is 10.6 Å². The van der Waals surface area contributed by atoms with Crippen LogP contribution in [0.4, 0.5) is 15.9 Å². The summed E-state index contributed by atoms with van der Waals surface area (Å²) in [7, 11) is 0. The van der Waals surface area contributed by atoms with E-state index in [1.807, 2.05) is 13.8 Å². The van der Waals surface area contributed by atoms with Gasteiger partial charge in [-0.1, -0.05) is 0 Å². The molecule has 2 rings (SSSR count). The summed E-state index contributed by atoms with van der Waals surface area (Å²) in [6, 6.07) is 5.75. The molecule has 2 aromatic rings. The summed E-state index contributed by atoms with van der Waals surface area (Å²) in [6.45, 7) is 3.97. The summed E-state index contributed by atoms with van der Waals surface area (Å²) in [4.78, 5) is 20.0. The van der Waals surface area contributed by atoms with Crippen LogP contribution in [-0.4, -0.2) is 21.9 Å². The van der Waals surface area contributed by atoms with E-state index in [0.717, 1.165) is 0 Å². The molecule has 0 aliphatic carbocycles. The first-order chi connectivity index (χ1) is 9.54. The van der Waals surface area contributed by atoms with E-state index in [2.05, 4.69) is 20.6 Å². The smallest absolute Gasteiger partial charge is 0.275 e. The fourth-order valence-electron chi connectivity index (χ4n) is 1.54. The number of carbonyl (C=O) groups is 1. The number of rotatable bonds is 4. The van der Waals surface area contributed by atoms with Gasteiger partial charge < -0.3 is 10.6 Å². The number of carbonyl (C=O) groups excluding carboxylic acids is 1. The number of anilines is 2. The molecule has 1 amide bonds. The highest BCUT2D eigenvalue weighted by Crippen LogP contribution is 2.10. The van der Waals surface area contributed by atoms with Crippen molar-refractivity contribution in [3.05, 3.63) is 48.2 Å². The predicted octanol–water partition coefficient (Wildman–Crippen LogP) is 2.69. The van der Waals surface area contributed by atoms with E-state index < -0.39 is 0 Å². The number of halogens is 1. The fourth-order valence-corrected chi connectivity index (χ4v) is 1.54. The molecule has 0 bridgehead atoms. The van der Waals surface area contributed by atoms with Gasteiger partial charge >= 0.3 is 0 Å². The van der Waals surface area contributed by atoms with Crippen LogP contribution < -0.4 is 10.6 Å². The molecule has 0 aliphatic heterocycles. The maximum Gasteiger partial charge on any atom is 0.275 e. The average Bonchev–Trinajstić information content (AvgIpc) is 2.41. The summed E-state index contributed by atoms with van der Waals surface area (Å²) in [5.74, 6) is -0.134. The third-order valence-corrected chi connectivity index (χ3v) is 2.42. The Balaban J connectivity index is 2.03. The average molecular weight is 274 g/mol. The molecule has 0 spiro atoms. The monoisotopic (exact) mass is 274 g/mol. The van der Waals surface area contributed by atoms with Crippen LogP contribution in [0.3, 0.4) is 0 Å². The van der Waals surface area contributed by atoms with Gasteiger partial charge in [0.2, 0.25) is 0 Å². The molecule has 1 aromatic heterocycles. The summed E-state index contributed by atoms with van der Waals surface area (Å²) in [5, 5.41) is 5.70. The number of benzene rings is 1. The molecule has 6 heteroatoms. The number of hydrogen-bond donors (Lipinski definition) is 2. The van der Waals surface area contributed by atoms with E-state index >= 15 is 0 Å². The van der Waals surface area contributed by atoms with Crippen molar-refractivity contribution in [3.8, 4) is 0 Å². The van der Waals surface area contributed by atoms with E-state index in [9.17, 15) is 9.18 Å². The van der Waals surface area contributed by atoms with Crippen LogP contribution in [0, 0.1) is 5.82 Å². The van der Waals surface area contributed by atoms with Gasteiger partial charge in [-0.25, -0.2) is 14.4 Å². The Hall–Kier alpha value is -2.50. The Morgan fingerprint density at radius 2 is 1.85 bits per heavy atom. The zero-order valence-corrected chi connectivity index (χ0v) is 11.2. The molecule has 5 nitrogen and oxygen atoms in total. The minimum absolute atomic E-state index is 0.198. The molecule has 0 saturated carbocycles. The Labute approximate surface area is 116 Å². The van der Waals surface area contributed by atoms with Crippen molar-refractivity contribution in [3.63, 3.8) is 0 Å². The lowest BCUT2D eigenvalue weighted by Gasteiger charge is -2.09. The summed E-state index contributed by atoms with van der Waals surface area (Å²) >= 11 is 0. The molecule has 0 unspecified atom stereocenters. The molecule has 20 heavy (non-hydrogen) atoms. The second-order valence-corrected chi connectivity index (χ2v) is 4.55. The molecule has 104 valence electrons. The van der Waals surface area contributed by atoms with Crippen LogP contribution in [0.15, 0.2) is 36.7 Å². The highest BCUT2D eigenvalue weighted by molar-refractivity contribution is 6.02. The first-order valence-electron chi connectivity index (χ1n) is 6.20. The zero-order valence-electron chi connectivity index (χ0n) is 11.2. The van der Waals surface area contributed by atoms with Gasteiger partial charge in [-0.15, -0.1) is 0 Å². The molecule has 0 aliphatic rings. The molecule has 0 radical (unpaired) electrons. The van der Waals surface area contributed by atoms with E-state index in [1.54, 1.807) is 0 Å². The van der Waals surface area contributed by atoms with E-state index in [1.165, 1.54) is 36.7 Å². The lowest BCUT2D eigenvalue weighted by atomic mass is 10.3. The maximum atomic E-state index is 12.8. The van der Waals surface area contributed by atoms with Crippen molar-refractivity contribution >= 4 is 17.4 Å². The maximum absolute atomic E-state index is 12.8. The van der Waals surface area contributed by atoms with Gasteiger partial charge in [0.1, 0.15) is 17.3 Å². The molecular weight excluding hydrogens is 259 g/mol. The van der Waals surface area contributed by atoms with Crippen LogP contribution in [0.25, 0.3) is 0 Å². The van der Waals surface area contributed by atoms with Crippen LogP contribution in [-0.2, 0) is 0 Å². The number of amides is 1. The number of aromatic nitrogens is 2. The largest absolute Gasteiger partial charge is 0.367 e. The SMILES string of the molecule is CC(C)Nc1cnc(C(=O)Nc2ccc(F)cc2)cn1. The Kier molecular flexibility index (Phi) is 4.24. The minimum Gasteiger partial charge on any atom is -0.367 e. The summed E-state index contributed by atoms with van der Waals surface area (Å²) in [5.41, 5.74) is 0.700. The van der Waals surface area contributed by atoms with Crippen LogP contribution in [0.2, 0.25) is 0 Å². The Morgan fingerprint density at radius 1 is 1.15 bits per heavy atom. The topological polar surface area (TPSA) is 66.9 Å². The second-order valence-electron chi connectivity index (χ2n) is 4.55. The van der Waals surface area contributed by atoms with Gasteiger partial charge in [0, 0.05) is 11.7 Å². The highest BCUT2D eigenvalue weighted by Gasteiger charge is 2.08. The van der Waals surface area contributed by atoms with Crippen molar-refractivity contribution in [2.24, 2.45) is 0 Å². The van der Waals surface area contributed by atoms with Crippen molar-refractivity contribution in [1.82, 2.24) is 9.97 Å². The molecule has 0 fully saturated rings. The van der Waals surface area contributed by atoms with Crippen molar-refractivity contribution in [1.29, 1.82) is 0 Å². The third kappa shape index (κ3) is 3.74. The zero-order chi connectivity index (χ0) is 14.5. The van der Waals surface area contributed by atoms with Crippen LogP contribution in [0.5, 0.6) is 0 Å². The lowest BCUT2D eigenvalue weighted by molar-refractivity contribution is 0.102. The van der Waals surface area contributed by atoms with Gasteiger partial charge in [0.25, 0.3) is 5.91 Å². The fraction of sp³-hybridized carbons (Fsp3) is 0.214. The number of nitrogens with zero attached hydrogens (tertiary/aromatic N) is 2. The Morgan fingerprint density at radius 3 is 2.40 bits per heavy atom. The molecule has 2 N–H and O–H groups in total. The van der Waals surface area contributed by atoms with Crippen molar-refractivity contribution < 1.29 is 9.18 Å². The van der Waals surface area contributed by atoms with Crippen LogP contribution in [0.1, 0.15) is 24.3 Å². The van der Waals surface area contributed by atoms with E-state index in [-0.39, 0.29) is 23.5 Å². The number of nitrogens with one attached hydrogen (secondary N) is 2. The van der Waals surface area contributed by atoms with Gasteiger partial charge in [-0.2, -0.15) is 0 Å². The highest BCUT2D eigenvalue weighted by atomic mass is 19.1. The van der Waals surface area contributed by atoms with Gasteiger partial charge in [0.15, 0.2) is 0 Å².